The minimum absolute atomic E-state index is 0.0515. The summed E-state index contributed by atoms with van der Waals surface area (Å²) in [5.41, 5.74) is -0.0885. The third-order valence-corrected chi connectivity index (χ3v) is 6.83. The zero-order valence-electron chi connectivity index (χ0n) is 19.0. The van der Waals surface area contributed by atoms with Crippen molar-refractivity contribution >= 4 is 22.5 Å². The first-order valence-electron chi connectivity index (χ1n) is 11.6. The van der Waals surface area contributed by atoms with E-state index in [1.165, 1.54) is 12.3 Å². The molecular formula is C24H31F3N4O2. The minimum Gasteiger partial charge on any atom is -0.393 e. The van der Waals surface area contributed by atoms with Gasteiger partial charge in [-0.3, -0.25) is 14.7 Å². The van der Waals surface area contributed by atoms with E-state index < -0.39 is 11.7 Å². The van der Waals surface area contributed by atoms with Gasteiger partial charge in [0, 0.05) is 49.5 Å². The normalized spacial score (nSPS) is 24.1. The van der Waals surface area contributed by atoms with Gasteiger partial charge in [0.1, 0.15) is 0 Å². The SMILES string of the molecule is CC1CC(NC(=O)C(C)N2CCC(O)CC2)CN(c2ccc(C(F)(F)F)c3ncccc23)C1. The number of aromatic nitrogens is 1. The number of amides is 1. The van der Waals surface area contributed by atoms with E-state index in [4.69, 9.17) is 0 Å². The molecule has 1 amide bonds. The van der Waals surface area contributed by atoms with E-state index in [1.807, 2.05) is 6.92 Å². The third-order valence-electron chi connectivity index (χ3n) is 6.83. The Morgan fingerprint density at radius 3 is 2.64 bits per heavy atom. The van der Waals surface area contributed by atoms with Gasteiger partial charge < -0.3 is 15.3 Å². The van der Waals surface area contributed by atoms with Gasteiger partial charge >= 0.3 is 6.18 Å². The van der Waals surface area contributed by atoms with Crippen LogP contribution in [0.1, 0.15) is 38.7 Å². The molecule has 3 heterocycles. The summed E-state index contributed by atoms with van der Waals surface area (Å²) in [6.45, 7) is 6.57. The maximum atomic E-state index is 13.5. The number of hydrogen-bond donors (Lipinski definition) is 2. The average molecular weight is 465 g/mol. The van der Waals surface area contributed by atoms with Crippen molar-refractivity contribution in [2.45, 2.75) is 57.5 Å². The second-order valence-corrected chi connectivity index (χ2v) is 9.42. The van der Waals surface area contributed by atoms with Crippen molar-refractivity contribution in [2.24, 2.45) is 5.92 Å². The summed E-state index contributed by atoms with van der Waals surface area (Å²) in [7, 11) is 0. The highest BCUT2D eigenvalue weighted by Gasteiger charge is 2.35. The monoisotopic (exact) mass is 464 g/mol. The van der Waals surface area contributed by atoms with Crippen LogP contribution in [-0.2, 0) is 11.0 Å². The van der Waals surface area contributed by atoms with E-state index in [9.17, 15) is 23.1 Å². The van der Waals surface area contributed by atoms with Crippen LogP contribution in [0.15, 0.2) is 30.5 Å². The molecule has 3 atom stereocenters. The fourth-order valence-electron chi connectivity index (χ4n) is 5.08. The van der Waals surface area contributed by atoms with Crippen LogP contribution in [0.25, 0.3) is 10.9 Å². The molecule has 2 aromatic rings. The number of fused-ring (bicyclic) bond motifs is 1. The first kappa shape index (κ1) is 23.8. The van der Waals surface area contributed by atoms with Crippen LogP contribution in [0.2, 0.25) is 0 Å². The number of aliphatic hydroxyl groups excluding tert-OH is 1. The molecule has 2 fully saturated rings. The molecular weight excluding hydrogens is 433 g/mol. The summed E-state index contributed by atoms with van der Waals surface area (Å²) in [4.78, 5) is 21.1. The van der Waals surface area contributed by atoms with Gasteiger partial charge in [0.15, 0.2) is 0 Å². The van der Waals surface area contributed by atoms with Crippen LogP contribution in [0, 0.1) is 5.92 Å². The summed E-state index contributed by atoms with van der Waals surface area (Å²) in [5.74, 6) is 0.211. The lowest BCUT2D eigenvalue weighted by Gasteiger charge is -2.40. The topological polar surface area (TPSA) is 68.7 Å². The number of nitrogens with zero attached hydrogens (tertiary/aromatic N) is 3. The summed E-state index contributed by atoms with van der Waals surface area (Å²) >= 11 is 0. The van der Waals surface area contributed by atoms with E-state index >= 15 is 0 Å². The fraction of sp³-hybridized carbons (Fsp3) is 0.583. The summed E-state index contributed by atoms with van der Waals surface area (Å²) in [6.07, 6.45) is -1.24. The Kier molecular flexibility index (Phi) is 6.81. The maximum absolute atomic E-state index is 13.5. The summed E-state index contributed by atoms with van der Waals surface area (Å²) in [5, 5.41) is 13.3. The first-order chi connectivity index (χ1) is 15.6. The minimum atomic E-state index is -4.47. The van der Waals surface area contributed by atoms with Gasteiger partial charge in [0.2, 0.25) is 5.91 Å². The number of carbonyl (C=O) groups is 1. The average Bonchev–Trinajstić information content (AvgIpc) is 2.77. The Morgan fingerprint density at radius 1 is 1.21 bits per heavy atom. The molecule has 0 bridgehead atoms. The van der Waals surface area contributed by atoms with Gasteiger partial charge in [-0.25, -0.2) is 0 Å². The number of hydrogen-bond acceptors (Lipinski definition) is 5. The molecule has 0 aliphatic carbocycles. The number of aliphatic hydroxyl groups is 1. The number of pyridine rings is 1. The number of anilines is 1. The highest BCUT2D eigenvalue weighted by molar-refractivity contribution is 5.94. The second kappa shape index (κ2) is 9.46. The molecule has 0 saturated carbocycles. The molecule has 9 heteroatoms. The van der Waals surface area contributed by atoms with Crippen LogP contribution >= 0.6 is 0 Å². The molecule has 2 N–H and O–H groups in total. The molecule has 0 radical (unpaired) electrons. The van der Waals surface area contributed by atoms with Gasteiger partial charge in [0.05, 0.1) is 23.2 Å². The zero-order chi connectivity index (χ0) is 23.8. The standard InChI is InChI=1S/C24H31F3N4O2/c1-15-12-17(29-23(33)16(2)30-10-7-18(32)8-11-30)14-31(13-15)21-6-5-20(24(25,26)27)22-19(21)4-3-9-28-22/h3-6,9,15-18,32H,7-8,10-14H2,1-2H3,(H,29,33). The molecule has 4 rings (SSSR count). The van der Waals surface area contributed by atoms with E-state index in [0.717, 1.165) is 12.5 Å². The molecule has 3 unspecified atom stereocenters. The van der Waals surface area contributed by atoms with Crippen molar-refractivity contribution < 1.29 is 23.1 Å². The van der Waals surface area contributed by atoms with E-state index in [1.54, 1.807) is 12.1 Å². The number of rotatable bonds is 4. The number of benzene rings is 1. The summed E-state index contributed by atoms with van der Waals surface area (Å²) in [6, 6.07) is 5.55. The van der Waals surface area contributed by atoms with Gasteiger partial charge in [-0.15, -0.1) is 0 Å². The Labute approximate surface area is 191 Å². The highest BCUT2D eigenvalue weighted by atomic mass is 19.4. The van der Waals surface area contributed by atoms with Crippen molar-refractivity contribution in [1.82, 2.24) is 15.2 Å². The second-order valence-electron chi connectivity index (χ2n) is 9.42. The Hall–Kier alpha value is -2.39. The predicted molar refractivity (Wildman–Crippen MR) is 121 cm³/mol. The molecule has 2 aliphatic heterocycles. The Balaban J connectivity index is 1.51. The van der Waals surface area contributed by atoms with Crippen molar-refractivity contribution in [3.8, 4) is 0 Å². The zero-order valence-corrected chi connectivity index (χ0v) is 19.0. The Bertz CT molecular complexity index is 991. The number of alkyl halides is 3. The van der Waals surface area contributed by atoms with Crippen LogP contribution < -0.4 is 10.2 Å². The number of likely N-dealkylation sites (tertiary alicyclic amines) is 1. The van der Waals surface area contributed by atoms with E-state index in [-0.39, 0.29) is 35.5 Å². The Morgan fingerprint density at radius 2 is 1.94 bits per heavy atom. The molecule has 1 aromatic heterocycles. The van der Waals surface area contributed by atoms with Crippen molar-refractivity contribution in [3.63, 3.8) is 0 Å². The summed E-state index contributed by atoms with van der Waals surface area (Å²) < 4.78 is 40.5. The quantitative estimate of drug-likeness (QED) is 0.726. The number of halogens is 3. The molecule has 2 aliphatic rings. The number of carbonyl (C=O) groups excluding carboxylic acids is 1. The fourth-order valence-corrected chi connectivity index (χ4v) is 5.08. The smallest absolute Gasteiger partial charge is 0.393 e. The van der Waals surface area contributed by atoms with E-state index in [2.05, 4.69) is 27.0 Å². The molecule has 0 spiro atoms. The molecule has 1 aromatic carbocycles. The lowest BCUT2D eigenvalue weighted by Crippen LogP contribution is -2.55. The van der Waals surface area contributed by atoms with Gasteiger partial charge in [-0.2, -0.15) is 13.2 Å². The highest BCUT2D eigenvalue weighted by Crippen LogP contribution is 2.38. The van der Waals surface area contributed by atoms with Crippen molar-refractivity contribution in [3.05, 3.63) is 36.0 Å². The van der Waals surface area contributed by atoms with Crippen LogP contribution in [-0.4, -0.2) is 65.3 Å². The molecule has 180 valence electrons. The molecule has 2 saturated heterocycles. The van der Waals surface area contributed by atoms with Gasteiger partial charge in [0.25, 0.3) is 0 Å². The molecule has 6 nitrogen and oxygen atoms in total. The maximum Gasteiger partial charge on any atom is 0.418 e. The number of nitrogens with one attached hydrogen (secondary N) is 1. The first-order valence-corrected chi connectivity index (χ1v) is 11.6. The largest absolute Gasteiger partial charge is 0.418 e. The van der Waals surface area contributed by atoms with E-state index in [0.29, 0.717) is 50.1 Å². The van der Waals surface area contributed by atoms with Gasteiger partial charge in [-0.05, 0) is 56.4 Å². The lowest BCUT2D eigenvalue weighted by atomic mass is 9.94. The van der Waals surface area contributed by atoms with Crippen molar-refractivity contribution in [1.29, 1.82) is 0 Å². The third kappa shape index (κ3) is 5.24. The van der Waals surface area contributed by atoms with Gasteiger partial charge in [-0.1, -0.05) is 6.92 Å². The van der Waals surface area contributed by atoms with Crippen molar-refractivity contribution in [2.75, 3.05) is 31.1 Å². The van der Waals surface area contributed by atoms with Crippen LogP contribution in [0.4, 0.5) is 18.9 Å². The lowest BCUT2D eigenvalue weighted by molar-refractivity contribution is -0.136. The van der Waals surface area contributed by atoms with Crippen LogP contribution in [0.5, 0.6) is 0 Å². The molecule has 33 heavy (non-hydrogen) atoms. The van der Waals surface area contributed by atoms with Crippen LogP contribution in [0.3, 0.4) is 0 Å². The predicted octanol–water partition coefficient (Wildman–Crippen LogP) is 3.43. The number of piperidine rings is 2.